The Morgan fingerprint density at radius 2 is 0.200 bits per heavy atom. The summed E-state index contributed by atoms with van der Waals surface area (Å²) in [5.74, 6) is 0. The molecule has 2 radical (unpaired) electrons. The van der Waals surface area contributed by atoms with E-state index in [0.29, 0.717) is 0 Å². The SMILES string of the molecule is CC(C)(C)C[O-].CC(C)(C)C[O-].CC(C)(C)C[O-].CC(C)(C)C[O-].CC(C)(C)C[O-].CC(C)(C)C[O-].CC(C)(C)C[O-].CC(C)(C)C[O-].[V+4].[V+4]. The molecule has 306 valence electrons. The van der Waals surface area contributed by atoms with Gasteiger partial charge in [-0.1, -0.05) is 209 Å². The second-order valence-electron chi connectivity index (χ2n) is 21.6. The van der Waals surface area contributed by atoms with Crippen molar-refractivity contribution in [1.29, 1.82) is 0 Å². The van der Waals surface area contributed by atoms with Crippen LogP contribution in [0.5, 0.6) is 0 Å². The van der Waals surface area contributed by atoms with Crippen LogP contribution in [0.1, 0.15) is 166 Å². The zero-order chi connectivity index (χ0) is 41.7. The Labute approximate surface area is 338 Å². The van der Waals surface area contributed by atoms with Crippen LogP contribution in [0.25, 0.3) is 0 Å². The van der Waals surface area contributed by atoms with Gasteiger partial charge in [0.2, 0.25) is 0 Å². The molecule has 0 unspecified atom stereocenters. The van der Waals surface area contributed by atoms with E-state index in [0.717, 1.165) is 0 Å². The van der Waals surface area contributed by atoms with Gasteiger partial charge >= 0.3 is 37.1 Å². The molecule has 0 amide bonds. The van der Waals surface area contributed by atoms with Crippen molar-refractivity contribution in [2.45, 2.75) is 166 Å². The van der Waals surface area contributed by atoms with Crippen LogP contribution in [-0.2, 0) is 37.1 Å². The van der Waals surface area contributed by atoms with Crippen LogP contribution in [0.15, 0.2) is 0 Å². The molecule has 0 aromatic heterocycles. The Hall–Kier alpha value is 0.849. The summed E-state index contributed by atoms with van der Waals surface area (Å²) >= 11 is 0. The fraction of sp³-hybridized carbons (Fsp3) is 1.00. The molecule has 0 fully saturated rings. The smallest absolute Gasteiger partial charge is 0.854 e. The fourth-order valence-corrected chi connectivity index (χ4v) is 0. The van der Waals surface area contributed by atoms with Gasteiger partial charge in [-0.25, -0.2) is 0 Å². The van der Waals surface area contributed by atoms with Crippen molar-refractivity contribution in [3.8, 4) is 0 Å². The minimum absolute atomic E-state index is 0. The van der Waals surface area contributed by atoms with E-state index in [9.17, 15) is 40.9 Å². The molecule has 0 aliphatic carbocycles. The van der Waals surface area contributed by atoms with E-state index in [2.05, 4.69) is 0 Å². The van der Waals surface area contributed by atoms with Crippen LogP contribution in [0.4, 0.5) is 0 Å². The van der Waals surface area contributed by atoms with Gasteiger partial charge in [0.15, 0.2) is 0 Å². The van der Waals surface area contributed by atoms with E-state index in [-0.39, 0.29) is 133 Å². The summed E-state index contributed by atoms with van der Waals surface area (Å²) in [6, 6.07) is 0. The van der Waals surface area contributed by atoms with Crippen molar-refractivity contribution in [3.05, 3.63) is 0 Å². The van der Waals surface area contributed by atoms with Crippen LogP contribution in [-0.4, -0.2) is 52.9 Å². The zero-order valence-electron chi connectivity index (χ0n) is 37.8. The van der Waals surface area contributed by atoms with Gasteiger partial charge in [0.1, 0.15) is 0 Å². The molecule has 0 saturated carbocycles. The molecule has 0 spiro atoms. The molecule has 0 aliphatic heterocycles. The molecule has 0 aromatic rings. The summed E-state index contributed by atoms with van der Waals surface area (Å²) in [4.78, 5) is 0. The largest absolute Gasteiger partial charge is 4.00 e. The maximum Gasteiger partial charge on any atom is 4.00 e. The van der Waals surface area contributed by atoms with Crippen molar-refractivity contribution in [2.24, 2.45) is 43.3 Å². The molecule has 0 atom stereocenters. The molecule has 0 rings (SSSR count). The summed E-state index contributed by atoms with van der Waals surface area (Å²) in [6.07, 6.45) is 0. The van der Waals surface area contributed by atoms with Gasteiger partial charge in [0.25, 0.3) is 0 Å². The monoisotopic (exact) mass is 799 g/mol. The third kappa shape index (κ3) is 181. The van der Waals surface area contributed by atoms with Gasteiger partial charge in [0.05, 0.1) is 0 Å². The van der Waals surface area contributed by atoms with E-state index >= 15 is 0 Å². The molecule has 0 bridgehead atoms. The summed E-state index contributed by atoms with van der Waals surface area (Å²) < 4.78 is 0. The van der Waals surface area contributed by atoms with Crippen LogP contribution in [0.2, 0.25) is 0 Å². The van der Waals surface area contributed by atoms with Crippen molar-refractivity contribution in [3.63, 3.8) is 0 Å². The second kappa shape index (κ2) is 36.8. The van der Waals surface area contributed by atoms with Crippen LogP contribution in [0.3, 0.4) is 0 Å². The number of hydrogen-bond donors (Lipinski definition) is 0. The Morgan fingerprint density at radius 1 is 0.180 bits per heavy atom. The molecule has 0 N–H and O–H groups in total. The third-order valence-electron chi connectivity index (χ3n) is 3.46. The quantitative estimate of drug-likeness (QED) is 0.358. The van der Waals surface area contributed by atoms with Gasteiger partial charge in [-0.3, -0.25) is 0 Å². The maximum atomic E-state index is 9.95. The van der Waals surface area contributed by atoms with Gasteiger partial charge in [-0.2, -0.15) is 0 Å². The van der Waals surface area contributed by atoms with E-state index < -0.39 is 0 Å². The topological polar surface area (TPSA) is 184 Å². The molecule has 0 aliphatic rings. The molecule has 0 aromatic carbocycles. The van der Waals surface area contributed by atoms with E-state index in [1.807, 2.05) is 166 Å². The fourth-order valence-electron chi connectivity index (χ4n) is 0. The third-order valence-corrected chi connectivity index (χ3v) is 3.46. The Kier molecular flexibility index (Phi) is 55.7. The second-order valence-corrected chi connectivity index (χ2v) is 21.6. The first-order chi connectivity index (χ1) is 20.5. The zero-order valence-corrected chi connectivity index (χ0v) is 40.6. The molecule has 0 saturated heterocycles. The number of rotatable bonds is 0. The molecule has 10 heteroatoms. The summed E-state index contributed by atoms with van der Waals surface area (Å²) in [7, 11) is 0. The average Bonchev–Trinajstić information content (AvgIpc) is 2.88. The van der Waals surface area contributed by atoms with E-state index in [1.165, 1.54) is 0 Å². The van der Waals surface area contributed by atoms with Crippen LogP contribution in [0, 0.1) is 43.3 Å². The van der Waals surface area contributed by atoms with Crippen LogP contribution >= 0.6 is 0 Å². The minimum Gasteiger partial charge on any atom is -0.854 e. The summed E-state index contributed by atoms with van der Waals surface area (Å²) in [6.45, 7) is 46.5. The Bertz CT molecular complexity index is 450. The normalized spacial score (nSPS) is 11.5. The minimum atomic E-state index is -0.0139. The summed E-state index contributed by atoms with van der Waals surface area (Å²) in [5.41, 5.74) is -0.111. The van der Waals surface area contributed by atoms with Gasteiger partial charge < -0.3 is 40.9 Å². The van der Waals surface area contributed by atoms with Crippen molar-refractivity contribution in [2.75, 3.05) is 52.9 Å². The Balaban J connectivity index is -0.0000000455. The first kappa shape index (κ1) is 75.7. The standard InChI is InChI=1S/8C5H11O.2V/c8*1-5(2,3)4-6;;/h8*4H2,1-3H3;;/q8*-1;2*+4. The van der Waals surface area contributed by atoms with Crippen molar-refractivity contribution in [1.82, 2.24) is 0 Å². The van der Waals surface area contributed by atoms with Crippen LogP contribution < -0.4 is 40.9 Å². The van der Waals surface area contributed by atoms with Gasteiger partial charge in [0, 0.05) is 0 Å². The summed E-state index contributed by atoms with van der Waals surface area (Å²) in [5, 5.41) is 79.6. The molecular formula is C40H88O8V2. The predicted molar refractivity (Wildman–Crippen MR) is 195 cm³/mol. The van der Waals surface area contributed by atoms with E-state index in [4.69, 9.17) is 0 Å². The van der Waals surface area contributed by atoms with E-state index in [1.54, 1.807) is 0 Å². The molecular weight excluding hydrogens is 710 g/mol. The Morgan fingerprint density at radius 3 is 0.200 bits per heavy atom. The first-order valence-corrected chi connectivity index (χ1v) is 17.1. The predicted octanol–water partition coefficient (Wildman–Crippen LogP) is 3.14. The van der Waals surface area contributed by atoms with Gasteiger partial charge in [-0.15, -0.1) is 52.9 Å². The van der Waals surface area contributed by atoms with Crippen molar-refractivity contribution >= 4 is 0 Å². The first-order valence-electron chi connectivity index (χ1n) is 17.1. The van der Waals surface area contributed by atoms with Crippen molar-refractivity contribution < 1.29 is 78.0 Å². The molecule has 8 nitrogen and oxygen atoms in total. The number of hydrogen-bond acceptors (Lipinski definition) is 8. The average molecular weight is 799 g/mol. The molecule has 0 heterocycles. The maximum absolute atomic E-state index is 9.95. The van der Waals surface area contributed by atoms with Gasteiger partial charge in [-0.05, 0) is 0 Å². The molecule has 50 heavy (non-hydrogen) atoms.